The minimum Gasteiger partial charge on any atom is -0.497 e. The van der Waals surface area contributed by atoms with Crippen LogP contribution in [0.5, 0.6) is 5.75 Å². The van der Waals surface area contributed by atoms with Gasteiger partial charge in [0.15, 0.2) is 5.16 Å². The highest BCUT2D eigenvalue weighted by Crippen LogP contribution is 2.30. The summed E-state index contributed by atoms with van der Waals surface area (Å²) in [6.07, 6.45) is 3.99. The fourth-order valence-electron chi connectivity index (χ4n) is 3.48. The maximum atomic E-state index is 5.30. The van der Waals surface area contributed by atoms with Gasteiger partial charge >= 0.3 is 0 Å². The summed E-state index contributed by atoms with van der Waals surface area (Å²) in [4.78, 5) is 14.1. The number of ether oxygens (including phenoxy) is 1. The first-order valence-electron chi connectivity index (χ1n) is 10.5. The van der Waals surface area contributed by atoms with Crippen LogP contribution >= 0.6 is 23.5 Å². The minimum absolute atomic E-state index is 0.798. The lowest BCUT2D eigenvalue weighted by Crippen LogP contribution is -1.99. The van der Waals surface area contributed by atoms with E-state index >= 15 is 0 Å². The van der Waals surface area contributed by atoms with Crippen molar-refractivity contribution in [3.63, 3.8) is 0 Å². The summed E-state index contributed by atoms with van der Waals surface area (Å²) in [7, 11) is 1.68. The Morgan fingerprint density at radius 3 is 2.65 bits per heavy atom. The van der Waals surface area contributed by atoms with Gasteiger partial charge < -0.3 is 9.72 Å². The molecule has 31 heavy (non-hydrogen) atoms. The number of benzene rings is 2. The standard InChI is InChI=1S/C25H27N3OS2/c1-4-20-23(16-31-25-27-21-10-9-19(29-3)15-22(21)28-25)26-13-11-24(20)30-14-12-18-7-5-17(2)6-8-18/h5-11,13,15H,4,12,14,16H2,1-3H3,(H,27,28). The fourth-order valence-corrected chi connectivity index (χ4v) is 5.50. The Morgan fingerprint density at radius 1 is 1.03 bits per heavy atom. The number of rotatable bonds is 9. The molecule has 0 spiro atoms. The van der Waals surface area contributed by atoms with Crippen molar-refractivity contribution < 1.29 is 4.74 Å². The first kappa shape index (κ1) is 21.8. The molecule has 6 heteroatoms. The van der Waals surface area contributed by atoms with E-state index in [2.05, 4.69) is 59.1 Å². The van der Waals surface area contributed by atoms with Gasteiger partial charge in [-0.1, -0.05) is 48.5 Å². The van der Waals surface area contributed by atoms with Crippen LogP contribution in [0.1, 0.15) is 29.3 Å². The number of pyridine rings is 1. The monoisotopic (exact) mass is 449 g/mol. The molecule has 0 aliphatic heterocycles. The second kappa shape index (κ2) is 10.2. The smallest absolute Gasteiger partial charge is 0.166 e. The Bertz CT molecular complexity index is 1160. The van der Waals surface area contributed by atoms with Crippen LogP contribution in [-0.4, -0.2) is 27.8 Å². The lowest BCUT2D eigenvalue weighted by molar-refractivity contribution is 0.415. The molecule has 0 saturated carbocycles. The van der Waals surface area contributed by atoms with Crippen LogP contribution in [0.3, 0.4) is 0 Å². The molecule has 4 aromatic rings. The average molecular weight is 450 g/mol. The van der Waals surface area contributed by atoms with Crippen molar-refractivity contribution in [2.45, 2.75) is 42.5 Å². The number of fused-ring (bicyclic) bond motifs is 1. The molecule has 0 amide bonds. The lowest BCUT2D eigenvalue weighted by atomic mass is 10.1. The third-order valence-corrected chi connectivity index (χ3v) is 7.22. The highest BCUT2D eigenvalue weighted by molar-refractivity contribution is 7.99. The van der Waals surface area contributed by atoms with Gasteiger partial charge in [0.2, 0.25) is 0 Å². The van der Waals surface area contributed by atoms with Crippen molar-refractivity contribution in [2.24, 2.45) is 0 Å². The summed E-state index contributed by atoms with van der Waals surface area (Å²) in [6.45, 7) is 4.34. The molecular formula is C25H27N3OS2. The van der Waals surface area contributed by atoms with Gasteiger partial charge in [-0.25, -0.2) is 4.98 Å². The number of nitrogens with one attached hydrogen (secondary N) is 1. The third kappa shape index (κ3) is 5.43. The molecule has 2 aromatic heterocycles. The Balaban J connectivity index is 1.42. The predicted octanol–water partition coefficient (Wildman–Crippen LogP) is 6.46. The van der Waals surface area contributed by atoms with Gasteiger partial charge in [0, 0.05) is 28.7 Å². The molecule has 0 atom stereocenters. The van der Waals surface area contributed by atoms with Crippen molar-refractivity contribution >= 4 is 34.6 Å². The Labute approximate surface area is 192 Å². The van der Waals surface area contributed by atoms with Crippen LogP contribution in [0.15, 0.2) is 64.8 Å². The van der Waals surface area contributed by atoms with Crippen molar-refractivity contribution in [2.75, 3.05) is 12.9 Å². The molecular weight excluding hydrogens is 422 g/mol. The van der Waals surface area contributed by atoms with E-state index in [0.29, 0.717) is 0 Å². The summed E-state index contributed by atoms with van der Waals surface area (Å²) in [5.74, 6) is 2.70. The molecule has 0 fully saturated rings. The second-order valence-corrected chi connectivity index (χ2v) is 9.49. The summed E-state index contributed by atoms with van der Waals surface area (Å²) in [5, 5.41) is 0.907. The van der Waals surface area contributed by atoms with E-state index < -0.39 is 0 Å². The van der Waals surface area contributed by atoms with Gasteiger partial charge in [-0.2, -0.15) is 0 Å². The van der Waals surface area contributed by atoms with Crippen molar-refractivity contribution in [1.82, 2.24) is 15.0 Å². The number of aryl methyl sites for hydroxylation is 2. The average Bonchev–Trinajstić information content (AvgIpc) is 3.21. The van der Waals surface area contributed by atoms with E-state index in [-0.39, 0.29) is 0 Å². The minimum atomic E-state index is 0.798. The predicted molar refractivity (Wildman–Crippen MR) is 131 cm³/mol. The number of aromatic nitrogens is 3. The molecule has 0 radical (unpaired) electrons. The SMILES string of the molecule is CCc1c(SCCc2ccc(C)cc2)ccnc1CSc1nc2ccc(OC)cc2[nH]1. The normalized spacial score (nSPS) is 11.2. The molecule has 4 nitrogen and oxygen atoms in total. The summed E-state index contributed by atoms with van der Waals surface area (Å²) in [6, 6.07) is 16.9. The highest BCUT2D eigenvalue weighted by atomic mass is 32.2. The number of aromatic amines is 1. The Hall–Kier alpha value is -2.44. The second-order valence-electron chi connectivity index (χ2n) is 7.39. The molecule has 2 aromatic carbocycles. The maximum Gasteiger partial charge on any atom is 0.166 e. The van der Waals surface area contributed by atoms with Gasteiger partial charge in [0.25, 0.3) is 0 Å². The van der Waals surface area contributed by atoms with Crippen LogP contribution in [0.25, 0.3) is 11.0 Å². The zero-order valence-electron chi connectivity index (χ0n) is 18.1. The molecule has 2 heterocycles. The zero-order chi connectivity index (χ0) is 21.6. The van der Waals surface area contributed by atoms with Crippen molar-refractivity contribution in [1.29, 1.82) is 0 Å². The van der Waals surface area contributed by atoms with E-state index in [4.69, 9.17) is 4.74 Å². The zero-order valence-corrected chi connectivity index (χ0v) is 19.8. The largest absolute Gasteiger partial charge is 0.497 e. The Morgan fingerprint density at radius 2 is 1.87 bits per heavy atom. The number of thioether (sulfide) groups is 2. The molecule has 4 rings (SSSR count). The summed E-state index contributed by atoms with van der Waals surface area (Å²) in [5.41, 5.74) is 7.14. The third-order valence-electron chi connectivity index (χ3n) is 5.24. The summed E-state index contributed by atoms with van der Waals surface area (Å²) >= 11 is 3.62. The molecule has 0 bridgehead atoms. The Kier molecular flexibility index (Phi) is 7.20. The van der Waals surface area contributed by atoms with Crippen LogP contribution in [0.2, 0.25) is 0 Å². The topological polar surface area (TPSA) is 50.8 Å². The van der Waals surface area contributed by atoms with Gasteiger partial charge in [-0.15, -0.1) is 11.8 Å². The van der Waals surface area contributed by atoms with Crippen LogP contribution < -0.4 is 4.74 Å². The quantitative estimate of drug-likeness (QED) is 0.297. The van der Waals surface area contributed by atoms with Crippen LogP contribution in [0, 0.1) is 6.92 Å². The van der Waals surface area contributed by atoms with Crippen LogP contribution in [0.4, 0.5) is 0 Å². The van der Waals surface area contributed by atoms with Crippen molar-refractivity contribution in [3.8, 4) is 5.75 Å². The van der Waals surface area contributed by atoms with Gasteiger partial charge in [0.05, 0.1) is 23.8 Å². The molecule has 0 aliphatic carbocycles. The number of imidazole rings is 1. The highest BCUT2D eigenvalue weighted by Gasteiger charge is 2.11. The molecule has 160 valence electrons. The van der Waals surface area contributed by atoms with Crippen LogP contribution in [-0.2, 0) is 18.6 Å². The van der Waals surface area contributed by atoms with E-state index in [1.807, 2.05) is 36.2 Å². The molecule has 1 N–H and O–H groups in total. The first-order chi connectivity index (χ1) is 15.2. The number of nitrogens with zero attached hydrogens (tertiary/aromatic N) is 2. The van der Waals surface area contributed by atoms with E-state index in [1.54, 1.807) is 18.9 Å². The molecule has 0 unspecified atom stereocenters. The van der Waals surface area contributed by atoms with Gasteiger partial charge in [0.1, 0.15) is 5.75 Å². The van der Waals surface area contributed by atoms with E-state index in [0.717, 1.165) is 52.0 Å². The molecule has 0 aliphatic rings. The fraction of sp³-hybridized carbons (Fsp3) is 0.280. The number of hydrogen-bond donors (Lipinski definition) is 1. The van der Waals surface area contributed by atoms with Gasteiger partial charge in [-0.3, -0.25) is 4.98 Å². The van der Waals surface area contributed by atoms with E-state index in [9.17, 15) is 0 Å². The number of hydrogen-bond acceptors (Lipinski definition) is 5. The summed E-state index contributed by atoms with van der Waals surface area (Å²) < 4.78 is 5.30. The van der Waals surface area contributed by atoms with Crippen molar-refractivity contribution in [3.05, 3.63) is 77.1 Å². The maximum absolute atomic E-state index is 5.30. The number of methoxy groups -OCH3 is 1. The van der Waals surface area contributed by atoms with E-state index in [1.165, 1.54) is 21.6 Å². The number of H-pyrrole nitrogens is 1. The lowest BCUT2D eigenvalue weighted by Gasteiger charge is -2.12. The van der Waals surface area contributed by atoms with Gasteiger partial charge in [-0.05, 0) is 49.1 Å². The molecule has 0 saturated heterocycles. The first-order valence-corrected chi connectivity index (χ1v) is 12.4.